The van der Waals surface area contributed by atoms with Crippen LogP contribution in [0.1, 0.15) is 75.9 Å². The van der Waals surface area contributed by atoms with Gasteiger partial charge < -0.3 is 0 Å². The molecule has 2 aromatic carbocycles. The summed E-state index contributed by atoms with van der Waals surface area (Å²) in [6, 6.07) is 23.1. The summed E-state index contributed by atoms with van der Waals surface area (Å²) in [5, 5.41) is 0. The Kier molecular flexibility index (Phi) is 8.91. The molecule has 0 N–H and O–H groups in total. The Morgan fingerprint density at radius 2 is 1.03 bits per heavy atom. The second-order valence-electron chi connectivity index (χ2n) is 8.34. The molecule has 0 aliphatic carbocycles. The van der Waals surface area contributed by atoms with Crippen molar-refractivity contribution in [2.45, 2.75) is 66.2 Å². The highest BCUT2D eigenvalue weighted by atomic mass is 14.8. The highest BCUT2D eigenvalue weighted by Crippen LogP contribution is 2.18. The lowest BCUT2D eigenvalue weighted by atomic mass is 10.1. The molecule has 3 nitrogen and oxygen atoms in total. The van der Waals surface area contributed by atoms with Gasteiger partial charge in [0.2, 0.25) is 0 Å². The first-order valence-corrected chi connectivity index (χ1v) is 11.8. The summed E-state index contributed by atoms with van der Waals surface area (Å²) >= 11 is 0. The maximum absolute atomic E-state index is 4.82. The van der Waals surface area contributed by atoms with E-state index < -0.39 is 0 Å². The highest BCUT2D eigenvalue weighted by molar-refractivity contribution is 6.02. The Morgan fingerprint density at radius 3 is 1.41 bits per heavy atom. The van der Waals surface area contributed by atoms with Crippen LogP contribution < -0.4 is 0 Å². The quantitative estimate of drug-likeness (QED) is 0.303. The van der Waals surface area contributed by atoms with Crippen LogP contribution in [-0.4, -0.2) is 16.4 Å². The van der Waals surface area contributed by atoms with Gasteiger partial charge in [0.25, 0.3) is 0 Å². The highest BCUT2D eigenvalue weighted by Gasteiger charge is 2.05. The number of benzene rings is 2. The van der Waals surface area contributed by atoms with Crippen molar-refractivity contribution in [3.05, 3.63) is 89.2 Å². The summed E-state index contributed by atoms with van der Waals surface area (Å²) in [7, 11) is 0. The van der Waals surface area contributed by atoms with E-state index in [1.54, 1.807) is 0 Å². The van der Waals surface area contributed by atoms with Crippen molar-refractivity contribution < 1.29 is 0 Å². The number of hydrogen-bond acceptors (Lipinski definition) is 3. The first-order valence-electron chi connectivity index (χ1n) is 11.8. The van der Waals surface area contributed by atoms with Gasteiger partial charge >= 0.3 is 0 Å². The van der Waals surface area contributed by atoms with Crippen LogP contribution in [0.15, 0.2) is 76.7 Å². The molecule has 0 aliphatic heterocycles. The minimum absolute atomic E-state index is 0.877. The minimum atomic E-state index is 0.877. The smallest absolute Gasteiger partial charge is 0.0849 e. The molecule has 3 aromatic rings. The van der Waals surface area contributed by atoms with Crippen LogP contribution in [0.2, 0.25) is 0 Å². The monoisotopic (exact) mass is 425 g/mol. The van der Waals surface area contributed by atoms with Crippen LogP contribution in [0.4, 0.5) is 11.4 Å². The second kappa shape index (κ2) is 12.1. The Bertz CT molecular complexity index is 962. The van der Waals surface area contributed by atoms with Crippen molar-refractivity contribution in [1.82, 2.24) is 4.98 Å². The normalized spacial score (nSPS) is 12.2. The first-order chi connectivity index (χ1) is 15.6. The summed E-state index contributed by atoms with van der Waals surface area (Å²) < 4.78 is 0. The van der Waals surface area contributed by atoms with Gasteiger partial charge in [-0.1, -0.05) is 57.0 Å². The van der Waals surface area contributed by atoms with Crippen molar-refractivity contribution in [3.63, 3.8) is 0 Å². The fourth-order valence-electron chi connectivity index (χ4n) is 3.58. The number of aryl methyl sites for hydroxylation is 2. The van der Waals surface area contributed by atoms with Gasteiger partial charge in [0, 0.05) is 0 Å². The predicted octanol–water partition coefficient (Wildman–Crippen LogP) is 8.05. The van der Waals surface area contributed by atoms with Gasteiger partial charge in [-0.3, -0.25) is 9.98 Å². The molecule has 0 saturated heterocycles. The molecule has 1 heterocycles. The molecule has 0 bridgehead atoms. The average Bonchev–Trinajstić information content (AvgIpc) is 2.83. The van der Waals surface area contributed by atoms with Crippen LogP contribution in [0.25, 0.3) is 0 Å². The largest absolute Gasteiger partial charge is 0.252 e. The Hall–Kier alpha value is -3.07. The molecule has 0 amide bonds. The molecule has 0 atom stereocenters. The third kappa shape index (κ3) is 6.98. The van der Waals surface area contributed by atoms with E-state index in [2.05, 4.69) is 62.4 Å². The van der Waals surface area contributed by atoms with Crippen LogP contribution in [0.5, 0.6) is 0 Å². The maximum atomic E-state index is 4.82. The molecule has 0 saturated carbocycles. The van der Waals surface area contributed by atoms with Crippen molar-refractivity contribution in [2.75, 3.05) is 0 Å². The number of aliphatic imine (C=N–C) groups is 2. The molecular formula is C29H35N3. The lowest BCUT2D eigenvalue weighted by Gasteiger charge is -2.06. The molecule has 1 aromatic heterocycles. The number of hydrogen-bond donors (Lipinski definition) is 0. The molecule has 3 rings (SSSR count). The summed E-state index contributed by atoms with van der Waals surface area (Å²) in [5.41, 5.74) is 8.22. The molecule has 0 unspecified atom stereocenters. The van der Waals surface area contributed by atoms with E-state index in [0.29, 0.717) is 0 Å². The number of unbranched alkanes of at least 4 members (excludes halogenated alkanes) is 2. The molecule has 3 heteroatoms. The lowest BCUT2D eigenvalue weighted by molar-refractivity contribution is 0.795. The number of nitrogens with zero attached hydrogens (tertiary/aromatic N) is 3. The zero-order valence-electron chi connectivity index (χ0n) is 19.9. The molecule has 0 fully saturated rings. The molecule has 0 spiro atoms. The number of rotatable bonds is 10. The predicted molar refractivity (Wildman–Crippen MR) is 138 cm³/mol. The minimum Gasteiger partial charge on any atom is -0.252 e. The van der Waals surface area contributed by atoms with Crippen LogP contribution >= 0.6 is 0 Å². The van der Waals surface area contributed by atoms with E-state index in [1.165, 1.54) is 36.8 Å². The van der Waals surface area contributed by atoms with Gasteiger partial charge in [0.05, 0.1) is 34.2 Å². The van der Waals surface area contributed by atoms with E-state index in [-0.39, 0.29) is 0 Å². The van der Waals surface area contributed by atoms with E-state index in [0.717, 1.165) is 47.0 Å². The SMILES string of the molecule is CCCCc1ccc(N=C(C)c2cccc(C(C)=Nc3ccc(CCCC)cc3)n2)cc1. The van der Waals surface area contributed by atoms with Crippen LogP contribution in [0, 0.1) is 0 Å². The van der Waals surface area contributed by atoms with E-state index in [4.69, 9.17) is 15.0 Å². The zero-order chi connectivity index (χ0) is 22.8. The lowest BCUT2D eigenvalue weighted by Crippen LogP contribution is -2.05. The van der Waals surface area contributed by atoms with Gasteiger partial charge in [-0.05, 0) is 87.1 Å². The standard InChI is InChI=1S/C29H35N3/c1-5-7-10-24-14-18-26(19-15-24)30-22(3)28-12-9-13-29(32-28)23(4)31-27-20-16-25(17-21-27)11-8-6-2/h9,12-21H,5-8,10-11H2,1-4H3. The average molecular weight is 426 g/mol. The molecule has 0 aliphatic rings. The summed E-state index contributed by atoms with van der Waals surface area (Å²) in [4.78, 5) is 14.4. The summed E-state index contributed by atoms with van der Waals surface area (Å²) in [5.74, 6) is 0. The van der Waals surface area contributed by atoms with Crippen LogP contribution in [-0.2, 0) is 12.8 Å². The Morgan fingerprint density at radius 1 is 0.625 bits per heavy atom. The number of pyridine rings is 1. The maximum Gasteiger partial charge on any atom is 0.0849 e. The van der Waals surface area contributed by atoms with E-state index in [1.807, 2.05) is 32.0 Å². The van der Waals surface area contributed by atoms with Gasteiger partial charge in [0.1, 0.15) is 0 Å². The Balaban J connectivity index is 1.73. The van der Waals surface area contributed by atoms with Crippen molar-refractivity contribution in [3.8, 4) is 0 Å². The summed E-state index contributed by atoms with van der Waals surface area (Å²) in [6.07, 6.45) is 7.14. The second-order valence-corrected chi connectivity index (χ2v) is 8.34. The topological polar surface area (TPSA) is 37.6 Å². The molecule has 166 valence electrons. The summed E-state index contributed by atoms with van der Waals surface area (Å²) in [6.45, 7) is 8.47. The van der Waals surface area contributed by atoms with Crippen molar-refractivity contribution in [1.29, 1.82) is 0 Å². The van der Waals surface area contributed by atoms with Crippen molar-refractivity contribution >= 4 is 22.8 Å². The molecule has 32 heavy (non-hydrogen) atoms. The molecule has 0 radical (unpaired) electrons. The zero-order valence-corrected chi connectivity index (χ0v) is 19.9. The van der Waals surface area contributed by atoms with Gasteiger partial charge in [-0.25, -0.2) is 4.98 Å². The van der Waals surface area contributed by atoms with Gasteiger partial charge in [-0.15, -0.1) is 0 Å². The first kappa shape index (κ1) is 23.6. The van der Waals surface area contributed by atoms with E-state index in [9.17, 15) is 0 Å². The van der Waals surface area contributed by atoms with Crippen molar-refractivity contribution in [2.24, 2.45) is 9.98 Å². The number of aromatic nitrogens is 1. The third-order valence-electron chi connectivity index (χ3n) is 5.59. The molecular weight excluding hydrogens is 390 g/mol. The van der Waals surface area contributed by atoms with Gasteiger partial charge in [-0.2, -0.15) is 0 Å². The Labute approximate surface area is 193 Å². The fourth-order valence-corrected chi connectivity index (χ4v) is 3.58. The van der Waals surface area contributed by atoms with E-state index >= 15 is 0 Å². The third-order valence-corrected chi connectivity index (χ3v) is 5.59. The fraction of sp³-hybridized carbons (Fsp3) is 0.345. The van der Waals surface area contributed by atoms with Gasteiger partial charge in [0.15, 0.2) is 0 Å². The van der Waals surface area contributed by atoms with Crippen LogP contribution in [0.3, 0.4) is 0 Å².